The number of ketones is 1. The Morgan fingerprint density at radius 1 is 1.58 bits per heavy atom. The van der Waals surface area contributed by atoms with Gasteiger partial charge in [0.05, 0.1) is 0 Å². The maximum atomic E-state index is 11.4. The van der Waals surface area contributed by atoms with Crippen LogP contribution in [0.4, 0.5) is 0 Å². The second kappa shape index (κ2) is 3.42. The summed E-state index contributed by atoms with van der Waals surface area (Å²) in [7, 11) is 0. The minimum Gasteiger partial charge on any atom is -0.295 e. The molecule has 0 amide bonds. The van der Waals surface area contributed by atoms with Crippen LogP contribution >= 0.6 is 0 Å². The van der Waals surface area contributed by atoms with Gasteiger partial charge in [-0.05, 0) is 30.3 Å². The number of allylic oxidation sites excluding steroid dienone is 2. The summed E-state index contributed by atoms with van der Waals surface area (Å²) in [6, 6.07) is 0. The van der Waals surface area contributed by atoms with E-state index in [0.717, 1.165) is 12.0 Å². The van der Waals surface area contributed by atoms with Crippen molar-refractivity contribution < 1.29 is 4.79 Å². The van der Waals surface area contributed by atoms with Crippen LogP contribution in [0, 0.1) is 5.41 Å². The van der Waals surface area contributed by atoms with Crippen LogP contribution in [0.3, 0.4) is 0 Å². The summed E-state index contributed by atoms with van der Waals surface area (Å²) in [6.45, 7) is 6.34. The van der Waals surface area contributed by atoms with Gasteiger partial charge in [-0.1, -0.05) is 26.8 Å². The van der Waals surface area contributed by atoms with Gasteiger partial charge in [-0.15, -0.1) is 0 Å². The van der Waals surface area contributed by atoms with E-state index in [2.05, 4.69) is 19.9 Å². The first-order valence-electron chi connectivity index (χ1n) is 4.80. The van der Waals surface area contributed by atoms with Gasteiger partial charge < -0.3 is 0 Å². The lowest BCUT2D eigenvalue weighted by Gasteiger charge is -2.26. The second-order valence-corrected chi connectivity index (χ2v) is 4.29. The molecule has 1 nitrogen and oxygen atoms in total. The molecule has 0 radical (unpaired) electrons. The number of carbonyl (C=O) groups excluding carboxylic acids is 1. The zero-order valence-electron chi connectivity index (χ0n) is 8.31. The van der Waals surface area contributed by atoms with Crippen molar-refractivity contribution in [3.05, 3.63) is 11.6 Å². The largest absolute Gasteiger partial charge is 0.295 e. The van der Waals surface area contributed by atoms with Crippen molar-refractivity contribution >= 4 is 5.78 Å². The molecule has 0 bridgehead atoms. The lowest BCUT2D eigenvalue weighted by Crippen LogP contribution is -2.16. The lowest BCUT2D eigenvalue weighted by molar-refractivity contribution is -0.115. The summed E-state index contributed by atoms with van der Waals surface area (Å²) in [6.07, 6.45) is 6.21. The monoisotopic (exact) mass is 166 g/mol. The van der Waals surface area contributed by atoms with Gasteiger partial charge in [0.15, 0.2) is 5.78 Å². The van der Waals surface area contributed by atoms with Crippen molar-refractivity contribution in [2.75, 3.05) is 0 Å². The van der Waals surface area contributed by atoms with E-state index in [9.17, 15) is 4.79 Å². The summed E-state index contributed by atoms with van der Waals surface area (Å²) < 4.78 is 0. The van der Waals surface area contributed by atoms with E-state index in [1.54, 1.807) is 0 Å². The van der Waals surface area contributed by atoms with Crippen LogP contribution in [0.2, 0.25) is 0 Å². The Morgan fingerprint density at radius 3 is 2.75 bits per heavy atom. The third-order valence-electron chi connectivity index (χ3n) is 2.51. The molecule has 0 saturated carbocycles. The fourth-order valence-electron chi connectivity index (χ4n) is 1.80. The number of Topliss-reactive ketones (excluding diaryl/α,β-unsaturated/α-hetero) is 1. The van der Waals surface area contributed by atoms with E-state index in [1.165, 1.54) is 12.8 Å². The zero-order chi connectivity index (χ0) is 9.19. The number of hydrogen-bond acceptors (Lipinski definition) is 1. The molecule has 68 valence electrons. The van der Waals surface area contributed by atoms with Crippen LogP contribution < -0.4 is 0 Å². The molecular weight excluding hydrogens is 148 g/mol. The van der Waals surface area contributed by atoms with E-state index in [1.807, 2.05) is 6.92 Å². The smallest absolute Gasteiger partial charge is 0.158 e. The first-order valence-corrected chi connectivity index (χ1v) is 4.80. The topological polar surface area (TPSA) is 17.1 Å². The van der Waals surface area contributed by atoms with Crippen LogP contribution in [0.5, 0.6) is 0 Å². The van der Waals surface area contributed by atoms with Gasteiger partial charge in [0, 0.05) is 6.42 Å². The van der Waals surface area contributed by atoms with Gasteiger partial charge in [-0.3, -0.25) is 4.79 Å². The van der Waals surface area contributed by atoms with Gasteiger partial charge in [0.1, 0.15) is 0 Å². The highest BCUT2D eigenvalue weighted by molar-refractivity contribution is 5.95. The third kappa shape index (κ3) is 2.20. The highest BCUT2D eigenvalue weighted by Crippen LogP contribution is 2.33. The molecule has 0 unspecified atom stereocenters. The summed E-state index contributed by atoms with van der Waals surface area (Å²) in [4.78, 5) is 11.4. The van der Waals surface area contributed by atoms with Gasteiger partial charge >= 0.3 is 0 Å². The van der Waals surface area contributed by atoms with Gasteiger partial charge in [-0.25, -0.2) is 0 Å². The molecule has 12 heavy (non-hydrogen) atoms. The number of rotatable bonds is 2. The van der Waals surface area contributed by atoms with E-state index in [-0.39, 0.29) is 5.41 Å². The van der Waals surface area contributed by atoms with Gasteiger partial charge in [0.2, 0.25) is 0 Å². The molecule has 0 fully saturated rings. The predicted molar refractivity (Wildman–Crippen MR) is 51.0 cm³/mol. The first-order chi connectivity index (χ1) is 5.55. The quantitative estimate of drug-likeness (QED) is 0.616. The molecule has 0 aromatic heterocycles. The molecular formula is C11H18O. The van der Waals surface area contributed by atoms with Gasteiger partial charge in [0.25, 0.3) is 0 Å². The fourth-order valence-corrected chi connectivity index (χ4v) is 1.80. The van der Waals surface area contributed by atoms with E-state index in [0.29, 0.717) is 12.2 Å². The Kier molecular flexibility index (Phi) is 2.71. The molecule has 0 atom stereocenters. The Balaban J connectivity index is 2.77. The van der Waals surface area contributed by atoms with E-state index >= 15 is 0 Å². The maximum Gasteiger partial charge on any atom is 0.158 e. The average molecular weight is 166 g/mol. The molecule has 1 aliphatic carbocycles. The molecule has 0 aliphatic heterocycles. The molecule has 1 aliphatic rings. The van der Waals surface area contributed by atoms with Crippen molar-refractivity contribution in [3.63, 3.8) is 0 Å². The zero-order valence-corrected chi connectivity index (χ0v) is 8.31. The summed E-state index contributed by atoms with van der Waals surface area (Å²) in [5.74, 6) is 0.336. The Bertz CT molecular complexity index is 211. The average Bonchev–Trinajstić information content (AvgIpc) is 2.01. The van der Waals surface area contributed by atoms with Crippen LogP contribution in [0.1, 0.15) is 46.5 Å². The molecule has 0 aromatic rings. The van der Waals surface area contributed by atoms with E-state index < -0.39 is 0 Å². The number of carbonyl (C=O) groups is 1. The van der Waals surface area contributed by atoms with E-state index in [4.69, 9.17) is 0 Å². The van der Waals surface area contributed by atoms with Crippen LogP contribution in [-0.2, 0) is 4.79 Å². The van der Waals surface area contributed by atoms with Crippen molar-refractivity contribution in [1.82, 2.24) is 0 Å². The first kappa shape index (κ1) is 9.50. The normalized spacial score (nSPS) is 21.8. The van der Waals surface area contributed by atoms with Gasteiger partial charge in [-0.2, -0.15) is 0 Å². The standard InChI is InChI=1S/C11H18O/c1-4-10(12)9-6-5-7-11(2,3)8-9/h8H,4-7H2,1-3H3. The summed E-state index contributed by atoms with van der Waals surface area (Å²) in [5.41, 5.74) is 1.31. The second-order valence-electron chi connectivity index (χ2n) is 4.29. The fraction of sp³-hybridized carbons (Fsp3) is 0.727. The molecule has 0 N–H and O–H groups in total. The Hall–Kier alpha value is -0.590. The highest BCUT2D eigenvalue weighted by atomic mass is 16.1. The van der Waals surface area contributed by atoms with Crippen LogP contribution in [0.15, 0.2) is 11.6 Å². The summed E-state index contributed by atoms with van der Waals surface area (Å²) in [5, 5.41) is 0. The molecule has 0 saturated heterocycles. The van der Waals surface area contributed by atoms with Crippen molar-refractivity contribution in [3.8, 4) is 0 Å². The third-order valence-corrected chi connectivity index (χ3v) is 2.51. The Morgan fingerprint density at radius 2 is 2.25 bits per heavy atom. The number of hydrogen-bond donors (Lipinski definition) is 0. The summed E-state index contributed by atoms with van der Waals surface area (Å²) >= 11 is 0. The van der Waals surface area contributed by atoms with Crippen LogP contribution in [-0.4, -0.2) is 5.78 Å². The highest BCUT2D eigenvalue weighted by Gasteiger charge is 2.22. The minimum atomic E-state index is 0.248. The van der Waals surface area contributed by atoms with Crippen molar-refractivity contribution in [1.29, 1.82) is 0 Å². The molecule has 1 rings (SSSR count). The molecule has 1 heteroatoms. The minimum absolute atomic E-state index is 0.248. The SMILES string of the molecule is CCC(=O)C1=CC(C)(C)CCC1. The molecule has 0 heterocycles. The maximum absolute atomic E-state index is 11.4. The molecule has 0 aromatic carbocycles. The molecule has 0 spiro atoms. The van der Waals surface area contributed by atoms with Crippen molar-refractivity contribution in [2.24, 2.45) is 5.41 Å². The van der Waals surface area contributed by atoms with Crippen molar-refractivity contribution in [2.45, 2.75) is 46.5 Å². The predicted octanol–water partition coefficient (Wildman–Crippen LogP) is 3.10. The van der Waals surface area contributed by atoms with Crippen LogP contribution in [0.25, 0.3) is 0 Å². The Labute approximate surface area is 74.9 Å². The lowest BCUT2D eigenvalue weighted by atomic mass is 9.78.